The summed E-state index contributed by atoms with van der Waals surface area (Å²) in [6.45, 7) is 0. The van der Waals surface area contributed by atoms with Crippen LogP contribution in [-0.2, 0) is 4.74 Å². The molecule has 0 saturated heterocycles. The standard InChI is InChI=1S/C25H32N2O2/c26-17-1-3-19-5-9-21(10-6-19)22-11-13-23(14-12-22)25(28)29-24-15-7-20(8-16-24)4-2-18-27/h11-14,19-21,24H,1-10,15-16H2/t19-,20-,21-,24-. The molecule has 0 amide bonds. The normalized spacial score (nSPS) is 26.8. The van der Waals surface area contributed by atoms with Gasteiger partial charge in [-0.3, -0.25) is 0 Å². The zero-order valence-corrected chi connectivity index (χ0v) is 17.3. The Morgan fingerprint density at radius 3 is 1.86 bits per heavy atom. The van der Waals surface area contributed by atoms with Gasteiger partial charge in [0.05, 0.1) is 17.7 Å². The Balaban J connectivity index is 1.44. The number of hydrogen-bond donors (Lipinski definition) is 0. The average Bonchev–Trinajstić information content (AvgIpc) is 2.77. The molecule has 1 aromatic rings. The first-order chi connectivity index (χ1) is 14.2. The molecule has 0 heterocycles. The molecule has 29 heavy (non-hydrogen) atoms. The van der Waals surface area contributed by atoms with E-state index in [1.165, 1.54) is 31.2 Å². The minimum absolute atomic E-state index is 0.0178. The van der Waals surface area contributed by atoms with E-state index in [1.807, 2.05) is 12.1 Å². The molecule has 0 spiro atoms. The molecule has 2 fully saturated rings. The lowest BCUT2D eigenvalue weighted by atomic mass is 9.77. The molecule has 0 N–H and O–H groups in total. The lowest BCUT2D eigenvalue weighted by Crippen LogP contribution is -2.24. The molecular weight excluding hydrogens is 360 g/mol. The summed E-state index contributed by atoms with van der Waals surface area (Å²) in [5.74, 6) is 1.67. The van der Waals surface area contributed by atoms with Crippen LogP contribution >= 0.6 is 0 Å². The highest BCUT2D eigenvalue weighted by atomic mass is 16.5. The molecule has 4 heteroatoms. The maximum Gasteiger partial charge on any atom is 0.338 e. The minimum atomic E-state index is -0.211. The number of ether oxygens (including phenoxy) is 1. The van der Waals surface area contributed by atoms with Crippen LogP contribution in [0.5, 0.6) is 0 Å². The fourth-order valence-corrected chi connectivity index (χ4v) is 4.97. The van der Waals surface area contributed by atoms with Gasteiger partial charge in [-0.2, -0.15) is 10.5 Å². The van der Waals surface area contributed by atoms with Gasteiger partial charge in [0, 0.05) is 12.8 Å². The molecule has 154 valence electrons. The molecule has 0 aliphatic heterocycles. The van der Waals surface area contributed by atoms with Gasteiger partial charge < -0.3 is 4.74 Å². The van der Waals surface area contributed by atoms with Gasteiger partial charge >= 0.3 is 5.97 Å². The lowest BCUT2D eigenvalue weighted by molar-refractivity contribution is 0.0162. The smallest absolute Gasteiger partial charge is 0.338 e. The van der Waals surface area contributed by atoms with Gasteiger partial charge in [0.2, 0.25) is 0 Å². The number of carbonyl (C=O) groups is 1. The Morgan fingerprint density at radius 1 is 0.828 bits per heavy atom. The van der Waals surface area contributed by atoms with Crippen molar-refractivity contribution in [3.63, 3.8) is 0 Å². The van der Waals surface area contributed by atoms with Crippen LogP contribution < -0.4 is 0 Å². The fraction of sp³-hybridized carbons (Fsp3) is 0.640. The van der Waals surface area contributed by atoms with E-state index in [2.05, 4.69) is 24.3 Å². The molecule has 0 aromatic heterocycles. The molecule has 1 aromatic carbocycles. The van der Waals surface area contributed by atoms with Crippen LogP contribution in [0.4, 0.5) is 0 Å². The second-order valence-electron chi connectivity index (χ2n) is 8.78. The molecule has 3 rings (SSSR count). The van der Waals surface area contributed by atoms with Gasteiger partial charge in [-0.05, 0) is 99.7 Å². The van der Waals surface area contributed by atoms with Crippen molar-refractivity contribution in [2.75, 3.05) is 0 Å². The third-order valence-electron chi connectivity index (χ3n) is 6.86. The van der Waals surface area contributed by atoms with Crippen molar-refractivity contribution >= 4 is 5.97 Å². The van der Waals surface area contributed by atoms with E-state index in [1.54, 1.807) is 0 Å². The van der Waals surface area contributed by atoms with E-state index in [4.69, 9.17) is 15.3 Å². The maximum absolute atomic E-state index is 12.5. The first-order valence-corrected chi connectivity index (χ1v) is 11.2. The van der Waals surface area contributed by atoms with Crippen molar-refractivity contribution in [3.05, 3.63) is 35.4 Å². The highest BCUT2D eigenvalue weighted by Crippen LogP contribution is 2.37. The Kier molecular flexibility index (Phi) is 8.12. The minimum Gasteiger partial charge on any atom is -0.459 e. The lowest BCUT2D eigenvalue weighted by Gasteiger charge is -2.29. The molecule has 0 bridgehead atoms. The Bertz CT molecular complexity index is 728. The number of nitrogens with zero attached hydrogens (tertiary/aromatic N) is 2. The van der Waals surface area contributed by atoms with Gasteiger partial charge in [-0.15, -0.1) is 0 Å². The summed E-state index contributed by atoms with van der Waals surface area (Å²) in [6.07, 6.45) is 12.0. The Morgan fingerprint density at radius 2 is 1.34 bits per heavy atom. The largest absolute Gasteiger partial charge is 0.459 e. The molecule has 0 atom stereocenters. The second-order valence-corrected chi connectivity index (χ2v) is 8.78. The fourth-order valence-electron chi connectivity index (χ4n) is 4.97. The van der Waals surface area contributed by atoms with Gasteiger partial charge in [0.1, 0.15) is 6.10 Å². The number of benzene rings is 1. The van der Waals surface area contributed by atoms with E-state index in [-0.39, 0.29) is 12.1 Å². The van der Waals surface area contributed by atoms with Crippen molar-refractivity contribution in [2.45, 2.75) is 89.1 Å². The average molecular weight is 393 g/mol. The first kappa shape index (κ1) is 21.4. The monoisotopic (exact) mass is 392 g/mol. The van der Waals surface area contributed by atoms with Crippen molar-refractivity contribution in [3.8, 4) is 12.1 Å². The maximum atomic E-state index is 12.5. The summed E-state index contributed by atoms with van der Waals surface area (Å²) in [5.41, 5.74) is 1.96. The van der Waals surface area contributed by atoms with Crippen molar-refractivity contribution in [1.29, 1.82) is 10.5 Å². The van der Waals surface area contributed by atoms with Gasteiger partial charge in [-0.25, -0.2) is 4.79 Å². The van der Waals surface area contributed by atoms with Gasteiger partial charge in [-0.1, -0.05) is 12.1 Å². The van der Waals surface area contributed by atoms with E-state index in [9.17, 15) is 4.79 Å². The zero-order valence-electron chi connectivity index (χ0n) is 17.3. The van der Waals surface area contributed by atoms with Gasteiger partial charge in [0.15, 0.2) is 0 Å². The van der Waals surface area contributed by atoms with E-state index >= 15 is 0 Å². The van der Waals surface area contributed by atoms with Crippen molar-refractivity contribution in [2.24, 2.45) is 11.8 Å². The summed E-state index contributed by atoms with van der Waals surface area (Å²) in [5, 5.41) is 17.5. The number of esters is 1. The molecule has 0 unspecified atom stereocenters. The number of nitriles is 2. The van der Waals surface area contributed by atoms with Crippen LogP contribution in [0.15, 0.2) is 24.3 Å². The topological polar surface area (TPSA) is 73.9 Å². The van der Waals surface area contributed by atoms with Crippen LogP contribution in [0.2, 0.25) is 0 Å². The predicted octanol–water partition coefficient (Wildman–Crippen LogP) is 6.28. The highest BCUT2D eigenvalue weighted by Gasteiger charge is 2.25. The zero-order chi connectivity index (χ0) is 20.5. The summed E-state index contributed by atoms with van der Waals surface area (Å²) in [6, 6.07) is 12.5. The van der Waals surface area contributed by atoms with Crippen molar-refractivity contribution in [1.82, 2.24) is 0 Å². The summed E-state index contributed by atoms with van der Waals surface area (Å²) < 4.78 is 5.74. The quantitative estimate of drug-likeness (QED) is 0.512. The predicted molar refractivity (Wildman–Crippen MR) is 112 cm³/mol. The van der Waals surface area contributed by atoms with Crippen molar-refractivity contribution < 1.29 is 9.53 Å². The molecule has 2 aliphatic rings. The molecular formula is C25H32N2O2. The van der Waals surface area contributed by atoms with Gasteiger partial charge in [0.25, 0.3) is 0 Å². The molecule has 0 radical (unpaired) electrons. The van der Waals surface area contributed by atoms with E-state index in [0.717, 1.165) is 38.5 Å². The Labute approximate surface area is 174 Å². The summed E-state index contributed by atoms with van der Waals surface area (Å²) >= 11 is 0. The third kappa shape index (κ3) is 6.33. The van der Waals surface area contributed by atoms with Crippen LogP contribution in [0.3, 0.4) is 0 Å². The number of hydrogen-bond acceptors (Lipinski definition) is 4. The Hall–Kier alpha value is -2.33. The second kappa shape index (κ2) is 11.0. The van der Waals surface area contributed by atoms with Crippen LogP contribution in [0.1, 0.15) is 98.9 Å². The number of carbonyl (C=O) groups excluding carboxylic acids is 1. The summed E-state index contributed by atoms with van der Waals surface area (Å²) in [7, 11) is 0. The van der Waals surface area contributed by atoms with Crippen LogP contribution in [0, 0.1) is 34.5 Å². The molecule has 4 nitrogen and oxygen atoms in total. The first-order valence-electron chi connectivity index (χ1n) is 11.2. The molecule has 2 saturated carbocycles. The SMILES string of the molecule is N#CCC[C@H]1CC[C@H](OC(=O)c2ccc([C@H]3CC[C@H](CCC#N)CC3)cc2)CC1. The molecule has 2 aliphatic carbocycles. The third-order valence-corrected chi connectivity index (χ3v) is 6.86. The number of rotatable bonds is 7. The van der Waals surface area contributed by atoms with Crippen LogP contribution in [-0.4, -0.2) is 12.1 Å². The highest BCUT2D eigenvalue weighted by molar-refractivity contribution is 5.89. The van der Waals surface area contributed by atoms with Crippen LogP contribution in [0.25, 0.3) is 0 Å². The van der Waals surface area contributed by atoms with E-state index in [0.29, 0.717) is 36.2 Å². The van der Waals surface area contributed by atoms with E-state index < -0.39 is 0 Å². The summed E-state index contributed by atoms with van der Waals surface area (Å²) in [4.78, 5) is 12.5.